The number of amides is 1. The lowest BCUT2D eigenvalue weighted by molar-refractivity contribution is -0.121. The first-order chi connectivity index (χ1) is 13.5. The quantitative estimate of drug-likeness (QED) is 0.755. The van der Waals surface area contributed by atoms with E-state index in [1.54, 1.807) is 0 Å². The van der Waals surface area contributed by atoms with Crippen LogP contribution in [-0.4, -0.2) is 44.5 Å². The van der Waals surface area contributed by atoms with Crippen LogP contribution < -0.4 is 5.32 Å². The van der Waals surface area contributed by atoms with Crippen molar-refractivity contribution in [2.24, 2.45) is 0 Å². The third-order valence-electron chi connectivity index (χ3n) is 5.80. The van der Waals surface area contributed by atoms with E-state index in [1.165, 1.54) is 5.56 Å². The normalized spacial score (nSPS) is 17.0. The Labute approximate surface area is 165 Å². The maximum Gasteiger partial charge on any atom is 0.241 e. The first-order valence-corrected chi connectivity index (χ1v) is 9.95. The molecule has 1 aliphatic rings. The fraction of sp³-hybridized carbons (Fsp3) is 0.409. The van der Waals surface area contributed by atoms with E-state index in [0.29, 0.717) is 5.92 Å². The number of hydrogen-bond acceptors (Lipinski definition) is 4. The molecule has 0 bridgehead atoms. The van der Waals surface area contributed by atoms with Gasteiger partial charge in [-0.2, -0.15) is 0 Å². The molecule has 0 radical (unpaired) electrons. The fourth-order valence-electron chi connectivity index (χ4n) is 4.04. The van der Waals surface area contributed by atoms with Gasteiger partial charge in [-0.1, -0.05) is 23.8 Å². The molecule has 0 saturated carbocycles. The summed E-state index contributed by atoms with van der Waals surface area (Å²) in [6.07, 6.45) is 3.99. The number of carbonyl (C=O) groups is 1. The summed E-state index contributed by atoms with van der Waals surface area (Å²) in [4.78, 5) is 15.0. The molecule has 1 fully saturated rings. The molecule has 2 aromatic heterocycles. The van der Waals surface area contributed by atoms with Crippen LogP contribution in [0.3, 0.4) is 0 Å². The van der Waals surface area contributed by atoms with E-state index >= 15 is 0 Å². The Morgan fingerprint density at radius 2 is 1.93 bits per heavy atom. The van der Waals surface area contributed by atoms with Gasteiger partial charge >= 0.3 is 0 Å². The summed E-state index contributed by atoms with van der Waals surface area (Å²) in [5.74, 6) is 1.46. The largest absolute Gasteiger partial charge is 0.324 e. The molecule has 146 valence electrons. The number of hydrogen-bond donors (Lipinski definition) is 1. The van der Waals surface area contributed by atoms with Gasteiger partial charge in [-0.15, -0.1) is 10.2 Å². The van der Waals surface area contributed by atoms with Crippen molar-refractivity contribution in [3.05, 3.63) is 59.5 Å². The van der Waals surface area contributed by atoms with Crippen LogP contribution in [0.2, 0.25) is 0 Å². The minimum Gasteiger partial charge on any atom is -0.324 e. The standard InChI is InChI=1S/C22H27N5O/c1-15-7-8-19(16(2)14-15)23-22(28)17(3)26-12-9-18(10-13-26)21-25-24-20-6-4-5-11-27(20)21/h4-8,11,14,17-18H,9-10,12-13H2,1-3H3,(H,23,28)/t17-/m1/s1. The van der Waals surface area contributed by atoms with E-state index in [1.807, 2.05) is 50.4 Å². The van der Waals surface area contributed by atoms with Gasteiger partial charge in [0.15, 0.2) is 5.65 Å². The molecule has 1 atom stereocenters. The predicted molar refractivity (Wildman–Crippen MR) is 111 cm³/mol. The smallest absolute Gasteiger partial charge is 0.241 e. The van der Waals surface area contributed by atoms with Crippen molar-refractivity contribution in [3.63, 3.8) is 0 Å². The Bertz CT molecular complexity index is 988. The van der Waals surface area contributed by atoms with Gasteiger partial charge < -0.3 is 5.32 Å². The van der Waals surface area contributed by atoms with Gasteiger partial charge in [0.05, 0.1) is 6.04 Å². The summed E-state index contributed by atoms with van der Waals surface area (Å²) in [6.45, 7) is 7.85. The molecule has 1 aromatic carbocycles. The third kappa shape index (κ3) is 3.64. The van der Waals surface area contributed by atoms with Crippen molar-refractivity contribution in [2.45, 2.75) is 45.6 Å². The van der Waals surface area contributed by atoms with Crippen LogP contribution in [-0.2, 0) is 4.79 Å². The molecule has 3 heterocycles. The molecule has 4 rings (SSSR count). The number of anilines is 1. The number of aryl methyl sites for hydroxylation is 2. The number of likely N-dealkylation sites (tertiary alicyclic amines) is 1. The maximum atomic E-state index is 12.8. The Hall–Kier alpha value is -2.73. The van der Waals surface area contributed by atoms with Gasteiger partial charge in [0.25, 0.3) is 0 Å². The van der Waals surface area contributed by atoms with Crippen molar-refractivity contribution in [1.29, 1.82) is 0 Å². The van der Waals surface area contributed by atoms with Crippen molar-refractivity contribution >= 4 is 17.2 Å². The van der Waals surface area contributed by atoms with Gasteiger partial charge in [-0.05, 0) is 70.5 Å². The zero-order valence-electron chi connectivity index (χ0n) is 16.7. The Kier molecular flexibility index (Phi) is 5.13. The van der Waals surface area contributed by atoms with E-state index < -0.39 is 0 Å². The second-order valence-corrected chi connectivity index (χ2v) is 7.78. The summed E-state index contributed by atoms with van der Waals surface area (Å²) in [6, 6.07) is 11.9. The average molecular weight is 377 g/mol. The molecule has 1 amide bonds. The number of nitrogens with one attached hydrogen (secondary N) is 1. The highest BCUT2D eigenvalue weighted by atomic mass is 16.2. The number of carbonyl (C=O) groups excluding carboxylic acids is 1. The molecule has 1 aliphatic heterocycles. The molecule has 1 N–H and O–H groups in total. The molecular formula is C22H27N5O. The molecular weight excluding hydrogens is 350 g/mol. The minimum absolute atomic E-state index is 0.0540. The second kappa shape index (κ2) is 7.72. The highest BCUT2D eigenvalue weighted by Gasteiger charge is 2.29. The molecule has 6 nitrogen and oxygen atoms in total. The number of piperidine rings is 1. The van der Waals surface area contributed by atoms with Gasteiger partial charge in [0.1, 0.15) is 5.82 Å². The van der Waals surface area contributed by atoms with Crippen molar-refractivity contribution in [1.82, 2.24) is 19.5 Å². The van der Waals surface area contributed by atoms with E-state index in [0.717, 1.165) is 48.7 Å². The van der Waals surface area contributed by atoms with Gasteiger partial charge in [0, 0.05) is 17.8 Å². The molecule has 28 heavy (non-hydrogen) atoms. The van der Waals surface area contributed by atoms with Crippen LogP contribution in [0, 0.1) is 13.8 Å². The first kappa shape index (κ1) is 18.6. The molecule has 1 saturated heterocycles. The Balaban J connectivity index is 1.38. The Morgan fingerprint density at radius 1 is 1.14 bits per heavy atom. The van der Waals surface area contributed by atoms with Crippen LogP contribution in [0.25, 0.3) is 5.65 Å². The topological polar surface area (TPSA) is 62.5 Å². The van der Waals surface area contributed by atoms with E-state index in [9.17, 15) is 4.79 Å². The highest BCUT2D eigenvalue weighted by molar-refractivity contribution is 5.95. The van der Waals surface area contributed by atoms with Gasteiger partial charge in [-0.3, -0.25) is 14.1 Å². The average Bonchev–Trinajstić information content (AvgIpc) is 3.14. The number of pyridine rings is 1. The zero-order chi connectivity index (χ0) is 19.7. The lowest BCUT2D eigenvalue weighted by atomic mass is 9.95. The van der Waals surface area contributed by atoms with E-state index in [-0.39, 0.29) is 11.9 Å². The van der Waals surface area contributed by atoms with Crippen molar-refractivity contribution in [2.75, 3.05) is 18.4 Å². The summed E-state index contributed by atoms with van der Waals surface area (Å²) < 4.78 is 2.08. The van der Waals surface area contributed by atoms with Crippen LogP contribution >= 0.6 is 0 Å². The van der Waals surface area contributed by atoms with Crippen molar-refractivity contribution in [3.8, 4) is 0 Å². The third-order valence-corrected chi connectivity index (χ3v) is 5.80. The van der Waals surface area contributed by atoms with Crippen LogP contribution in [0.1, 0.15) is 42.6 Å². The van der Waals surface area contributed by atoms with Gasteiger partial charge in [0.2, 0.25) is 5.91 Å². The van der Waals surface area contributed by atoms with Crippen LogP contribution in [0.4, 0.5) is 5.69 Å². The summed E-state index contributed by atoms with van der Waals surface area (Å²) in [5.41, 5.74) is 4.08. The van der Waals surface area contributed by atoms with Crippen LogP contribution in [0.15, 0.2) is 42.6 Å². The second-order valence-electron chi connectivity index (χ2n) is 7.78. The predicted octanol–water partition coefficient (Wildman–Crippen LogP) is 3.55. The lowest BCUT2D eigenvalue weighted by Crippen LogP contribution is -2.46. The summed E-state index contributed by atoms with van der Waals surface area (Å²) in [5, 5.41) is 11.8. The fourth-order valence-corrected chi connectivity index (χ4v) is 4.04. The van der Waals surface area contributed by atoms with Gasteiger partial charge in [-0.25, -0.2) is 0 Å². The maximum absolute atomic E-state index is 12.8. The van der Waals surface area contributed by atoms with E-state index in [2.05, 4.69) is 37.8 Å². The summed E-state index contributed by atoms with van der Waals surface area (Å²) >= 11 is 0. The number of aromatic nitrogens is 3. The molecule has 0 unspecified atom stereocenters. The number of fused-ring (bicyclic) bond motifs is 1. The van der Waals surface area contributed by atoms with E-state index in [4.69, 9.17) is 0 Å². The number of rotatable bonds is 4. The molecule has 3 aromatic rings. The number of nitrogens with zero attached hydrogens (tertiary/aromatic N) is 4. The summed E-state index contributed by atoms with van der Waals surface area (Å²) in [7, 11) is 0. The lowest BCUT2D eigenvalue weighted by Gasteiger charge is -2.34. The molecule has 6 heteroatoms. The minimum atomic E-state index is -0.156. The molecule has 0 aliphatic carbocycles. The number of benzene rings is 1. The Morgan fingerprint density at radius 3 is 2.68 bits per heavy atom. The SMILES string of the molecule is Cc1ccc(NC(=O)[C@@H](C)N2CCC(c3nnc4ccccn34)CC2)c(C)c1. The van der Waals surface area contributed by atoms with Crippen molar-refractivity contribution < 1.29 is 4.79 Å². The zero-order valence-corrected chi connectivity index (χ0v) is 16.7. The highest BCUT2D eigenvalue weighted by Crippen LogP contribution is 2.28. The monoisotopic (exact) mass is 377 g/mol. The first-order valence-electron chi connectivity index (χ1n) is 9.95. The molecule has 0 spiro atoms. The van der Waals surface area contributed by atoms with Crippen LogP contribution in [0.5, 0.6) is 0 Å².